The number of anilines is 1. The molecular weight excluding hydrogens is 424 g/mol. The smallest absolute Gasteiger partial charge is 0.243 e. The molecular formula is C20H23ClN6O2S. The van der Waals surface area contributed by atoms with Crippen molar-refractivity contribution in [1.29, 1.82) is 0 Å². The Labute approximate surface area is 181 Å². The number of benzene rings is 1. The monoisotopic (exact) mass is 446 g/mol. The van der Waals surface area contributed by atoms with Crippen LogP contribution < -0.4 is 4.90 Å². The van der Waals surface area contributed by atoms with Gasteiger partial charge in [-0.15, -0.1) is 10.2 Å². The van der Waals surface area contributed by atoms with Gasteiger partial charge in [-0.25, -0.2) is 13.1 Å². The third-order valence-corrected chi connectivity index (χ3v) is 7.71. The Kier molecular flexibility index (Phi) is 5.52. The lowest BCUT2D eigenvalue weighted by molar-refractivity contribution is 0.383. The molecule has 1 aliphatic heterocycles. The summed E-state index contributed by atoms with van der Waals surface area (Å²) in [5, 5.41) is 13.5. The number of halogens is 1. The summed E-state index contributed by atoms with van der Waals surface area (Å²) in [4.78, 5) is 2.30. The van der Waals surface area contributed by atoms with Gasteiger partial charge < -0.3 is 4.90 Å². The third kappa shape index (κ3) is 3.80. The molecule has 0 amide bonds. The van der Waals surface area contributed by atoms with E-state index in [-0.39, 0.29) is 4.90 Å². The Hall–Kier alpha value is -2.49. The standard InChI is InChI=1S/C20H23ClN6O2S/c1-14-13-15(2)27(24-14)20-8-7-19(22-23-20)25-9-11-26(12-10-25)30(28,29)18-6-4-5-17(21)16(18)3/h4-8,13H,9-12H2,1-3H3. The Morgan fingerprint density at radius 1 is 0.933 bits per heavy atom. The highest BCUT2D eigenvalue weighted by atomic mass is 35.5. The average Bonchev–Trinajstić information content (AvgIpc) is 3.08. The Morgan fingerprint density at radius 3 is 2.20 bits per heavy atom. The van der Waals surface area contributed by atoms with Crippen LogP contribution >= 0.6 is 11.6 Å². The fraction of sp³-hybridized carbons (Fsp3) is 0.350. The summed E-state index contributed by atoms with van der Waals surface area (Å²) in [6.45, 7) is 7.44. The summed E-state index contributed by atoms with van der Waals surface area (Å²) in [5.41, 5.74) is 2.49. The summed E-state index contributed by atoms with van der Waals surface area (Å²) in [7, 11) is -3.59. The van der Waals surface area contributed by atoms with Crippen molar-refractivity contribution in [2.24, 2.45) is 0 Å². The molecule has 1 fully saturated rings. The van der Waals surface area contributed by atoms with Gasteiger partial charge in [0.15, 0.2) is 11.6 Å². The van der Waals surface area contributed by atoms with Gasteiger partial charge in [-0.1, -0.05) is 17.7 Å². The molecule has 0 N–H and O–H groups in total. The zero-order chi connectivity index (χ0) is 21.5. The van der Waals surface area contributed by atoms with E-state index in [2.05, 4.69) is 15.3 Å². The molecule has 4 rings (SSSR count). The summed E-state index contributed by atoms with van der Waals surface area (Å²) in [6.07, 6.45) is 0. The van der Waals surface area contributed by atoms with Crippen molar-refractivity contribution in [2.75, 3.05) is 31.1 Å². The van der Waals surface area contributed by atoms with Crippen molar-refractivity contribution < 1.29 is 8.42 Å². The van der Waals surface area contributed by atoms with Crippen LogP contribution in [0.5, 0.6) is 0 Å². The van der Waals surface area contributed by atoms with Crippen molar-refractivity contribution in [3.8, 4) is 5.82 Å². The van der Waals surface area contributed by atoms with Gasteiger partial charge >= 0.3 is 0 Å². The molecule has 3 heterocycles. The molecule has 0 atom stereocenters. The largest absolute Gasteiger partial charge is 0.352 e. The van der Waals surface area contributed by atoms with Gasteiger partial charge in [0.2, 0.25) is 10.0 Å². The molecule has 10 heteroatoms. The molecule has 1 saturated heterocycles. The highest BCUT2D eigenvalue weighted by Crippen LogP contribution is 2.26. The molecule has 1 aliphatic rings. The predicted molar refractivity (Wildman–Crippen MR) is 116 cm³/mol. The Bertz CT molecular complexity index is 1170. The molecule has 0 bridgehead atoms. The van der Waals surface area contributed by atoms with E-state index in [9.17, 15) is 8.42 Å². The first-order chi connectivity index (χ1) is 14.3. The van der Waals surface area contributed by atoms with Crippen LogP contribution in [0.2, 0.25) is 5.02 Å². The number of hydrogen-bond donors (Lipinski definition) is 0. The number of sulfonamides is 1. The van der Waals surface area contributed by atoms with Gasteiger partial charge in [-0.05, 0) is 56.7 Å². The molecule has 2 aromatic heterocycles. The van der Waals surface area contributed by atoms with Crippen LogP contribution in [0.3, 0.4) is 0 Å². The highest BCUT2D eigenvalue weighted by molar-refractivity contribution is 7.89. The Morgan fingerprint density at radius 2 is 1.60 bits per heavy atom. The minimum atomic E-state index is -3.59. The van der Waals surface area contributed by atoms with Gasteiger partial charge in [-0.3, -0.25) is 0 Å². The summed E-state index contributed by atoms with van der Waals surface area (Å²) in [6, 6.07) is 10.7. The Balaban J connectivity index is 1.47. The van der Waals surface area contributed by atoms with E-state index in [0.717, 1.165) is 17.2 Å². The topological polar surface area (TPSA) is 84.2 Å². The maximum atomic E-state index is 13.0. The summed E-state index contributed by atoms with van der Waals surface area (Å²) < 4.78 is 29.4. The van der Waals surface area contributed by atoms with Gasteiger partial charge in [0.1, 0.15) is 0 Å². The quantitative estimate of drug-likeness (QED) is 0.612. The van der Waals surface area contributed by atoms with Crippen molar-refractivity contribution in [1.82, 2.24) is 24.3 Å². The minimum absolute atomic E-state index is 0.262. The van der Waals surface area contributed by atoms with E-state index >= 15 is 0 Å². The molecule has 0 spiro atoms. The number of aromatic nitrogens is 4. The molecule has 158 valence electrons. The lowest BCUT2D eigenvalue weighted by atomic mass is 10.2. The fourth-order valence-corrected chi connectivity index (χ4v) is 5.52. The average molecular weight is 447 g/mol. The molecule has 0 radical (unpaired) electrons. The number of piperazine rings is 1. The van der Waals surface area contributed by atoms with Gasteiger partial charge in [0.25, 0.3) is 0 Å². The van der Waals surface area contributed by atoms with Gasteiger partial charge in [0, 0.05) is 36.9 Å². The second-order valence-electron chi connectivity index (χ2n) is 7.34. The van der Waals surface area contributed by atoms with Crippen LogP contribution in [-0.2, 0) is 10.0 Å². The van der Waals surface area contributed by atoms with Gasteiger partial charge in [0.05, 0.1) is 10.6 Å². The second-order valence-corrected chi connectivity index (χ2v) is 9.66. The van der Waals surface area contributed by atoms with E-state index in [1.54, 1.807) is 29.8 Å². The van der Waals surface area contributed by atoms with Crippen molar-refractivity contribution in [3.05, 3.63) is 58.4 Å². The number of nitrogens with zero attached hydrogens (tertiary/aromatic N) is 6. The predicted octanol–water partition coefficient (Wildman–Crippen LogP) is 2.75. The maximum Gasteiger partial charge on any atom is 0.243 e. The second kappa shape index (κ2) is 7.98. The molecule has 30 heavy (non-hydrogen) atoms. The van der Waals surface area contributed by atoms with Gasteiger partial charge in [-0.2, -0.15) is 9.40 Å². The van der Waals surface area contributed by atoms with Crippen molar-refractivity contribution in [2.45, 2.75) is 25.7 Å². The summed E-state index contributed by atoms with van der Waals surface area (Å²) >= 11 is 6.12. The number of aryl methyl sites for hydroxylation is 2. The van der Waals surface area contributed by atoms with Crippen molar-refractivity contribution in [3.63, 3.8) is 0 Å². The number of hydrogen-bond acceptors (Lipinski definition) is 6. The van der Waals surface area contributed by atoms with Crippen LogP contribution in [0.4, 0.5) is 5.82 Å². The lowest BCUT2D eigenvalue weighted by Gasteiger charge is -2.34. The van der Waals surface area contributed by atoms with E-state index in [0.29, 0.717) is 42.6 Å². The van der Waals surface area contributed by atoms with Crippen LogP contribution in [0, 0.1) is 20.8 Å². The molecule has 0 aliphatic carbocycles. The van der Waals surface area contributed by atoms with E-state index in [4.69, 9.17) is 11.6 Å². The van der Waals surface area contributed by atoms with Crippen LogP contribution in [0.15, 0.2) is 41.3 Å². The molecule has 0 unspecified atom stereocenters. The van der Waals surface area contributed by atoms with E-state index in [1.165, 1.54) is 4.31 Å². The molecule has 1 aromatic carbocycles. The SMILES string of the molecule is Cc1cc(C)n(-c2ccc(N3CCN(S(=O)(=O)c4cccc(Cl)c4C)CC3)nn2)n1. The zero-order valence-corrected chi connectivity index (χ0v) is 18.7. The van der Waals surface area contributed by atoms with E-state index in [1.807, 2.05) is 36.9 Å². The first kappa shape index (κ1) is 20.8. The molecule has 8 nitrogen and oxygen atoms in total. The number of rotatable bonds is 4. The van der Waals surface area contributed by atoms with Crippen LogP contribution in [0.1, 0.15) is 17.0 Å². The normalized spacial score (nSPS) is 15.5. The first-order valence-electron chi connectivity index (χ1n) is 9.65. The molecule has 3 aromatic rings. The third-order valence-electron chi connectivity index (χ3n) is 5.26. The minimum Gasteiger partial charge on any atom is -0.352 e. The van der Waals surface area contributed by atoms with Crippen LogP contribution in [-0.4, -0.2) is 58.9 Å². The fourth-order valence-electron chi connectivity index (χ4n) is 3.62. The van der Waals surface area contributed by atoms with E-state index < -0.39 is 10.0 Å². The lowest BCUT2D eigenvalue weighted by Crippen LogP contribution is -2.49. The van der Waals surface area contributed by atoms with Crippen molar-refractivity contribution >= 4 is 27.4 Å². The maximum absolute atomic E-state index is 13.0. The first-order valence-corrected chi connectivity index (χ1v) is 11.5. The zero-order valence-electron chi connectivity index (χ0n) is 17.1. The highest BCUT2D eigenvalue weighted by Gasteiger charge is 2.30. The molecule has 0 saturated carbocycles. The summed E-state index contributed by atoms with van der Waals surface area (Å²) in [5.74, 6) is 1.37. The van der Waals surface area contributed by atoms with Crippen LogP contribution in [0.25, 0.3) is 5.82 Å².